The standard InChI is InChI=1S/C35H37N11O6.C2H6.CH5N/c1-6-45-25(12-19(3)41-45)32(50)39-34-38-24-16-22(31(36)49)17-27(48)29(24)43(34)10-8-9-11-44-30-23(14-21(18-47)15-28(30)52-5)37-35(44)40-33(51)26-13-20(4)42-46(26)7-2;2*1-2/h8-9,12-18,48H,6-7,10-11H2,1-5H3,(H2,36,49)(H,37,40,51)(H,38,39,50);1-2H3;2H2,1H3/b9-8+;;. The normalized spacial score (nSPS) is 10.9. The van der Waals surface area contributed by atoms with Crippen LogP contribution in [0.2, 0.25) is 0 Å². The second kappa shape index (κ2) is 18.5. The monoisotopic (exact) mass is 768 g/mol. The van der Waals surface area contributed by atoms with E-state index in [0.717, 1.165) is 0 Å². The molecule has 0 aliphatic heterocycles. The summed E-state index contributed by atoms with van der Waals surface area (Å²) in [5, 5.41) is 25.4. The zero-order valence-corrected chi connectivity index (χ0v) is 32.7. The molecule has 2 aromatic carbocycles. The highest BCUT2D eigenvalue weighted by Gasteiger charge is 2.22. The highest BCUT2D eigenvalue weighted by Crippen LogP contribution is 2.32. The van der Waals surface area contributed by atoms with Crippen molar-refractivity contribution in [2.75, 3.05) is 24.8 Å². The molecule has 0 aliphatic carbocycles. The maximum Gasteiger partial charge on any atom is 0.276 e. The summed E-state index contributed by atoms with van der Waals surface area (Å²) in [6, 6.07) is 9.20. The Bertz CT molecular complexity index is 2420. The molecule has 0 saturated heterocycles. The first-order valence-electron chi connectivity index (χ1n) is 18.0. The van der Waals surface area contributed by atoms with Crippen LogP contribution < -0.4 is 26.8 Å². The van der Waals surface area contributed by atoms with Crippen molar-refractivity contribution < 1.29 is 29.0 Å². The number of aryl methyl sites for hydroxylation is 4. The lowest BCUT2D eigenvalue weighted by molar-refractivity contribution is 0.0994. The minimum Gasteiger partial charge on any atom is -0.506 e. The molecular formula is C38H48N12O6. The van der Waals surface area contributed by atoms with Crippen LogP contribution in [0.15, 0.2) is 48.6 Å². The number of aromatic nitrogens is 8. The van der Waals surface area contributed by atoms with Gasteiger partial charge in [0.25, 0.3) is 11.8 Å². The van der Waals surface area contributed by atoms with Gasteiger partial charge < -0.3 is 30.4 Å². The van der Waals surface area contributed by atoms with Crippen LogP contribution in [0.25, 0.3) is 22.1 Å². The molecule has 6 rings (SSSR count). The SMILES string of the molecule is CC.CCn1nc(C)cc1C(=O)Nc1nc2cc(C(N)=O)cc(O)c2n1C/C=C/Cn1c(NC(=O)c2cc(C)nn2CC)nc2cc(C=O)cc(OC)c21.CN. The highest BCUT2D eigenvalue weighted by molar-refractivity contribution is 6.05. The molecule has 4 heterocycles. The van der Waals surface area contributed by atoms with Gasteiger partial charge in [0, 0.05) is 37.3 Å². The number of nitrogens with zero attached hydrogens (tertiary/aromatic N) is 8. The van der Waals surface area contributed by atoms with E-state index in [1.54, 1.807) is 68.8 Å². The van der Waals surface area contributed by atoms with Crippen LogP contribution in [-0.2, 0) is 26.2 Å². The Morgan fingerprint density at radius 3 is 1.71 bits per heavy atom. The lowest BCUT2D eigenvalue weighted by Gasteiger charge is -2.12. The second-order valence-electron chi connectivity index (χ2n) is 11.9. The Hall–Kier alpha value is -6.82. The molecule has 3 amide bonds. The Morgan fingerprint density at radius 2 is 1.27 bits per heavy atom. The fourth-order valence-electron chi connectivity index (χ4n) is 6.04. The van der Waals surface area contributed by atoms with Gasteiger partial charge in [-0.1, -0.05) is 26.0 Å². The van der Waals surface area contributed by atoms with Gasteiger partial charge in [-0.05, 0) is 71.1 Å². The topological polar surface area (TPSA) is 245 Å². The minimum atomic E-state index is -0.750. The third-order valence-electron chi connectivity index (χ3n) is 8.35. The lowest BCUT2D eigenvalue weighted by atomic mass is 10.1. The van der Waals surface area contributed by atoms with Gasteiger partial charge in [-0.3, -0.25) is 39.2 Å². The number of methoxy groups -OCH3 is 1. The van der Waals surface area contributed by atoms with Gasteiger partial charge in [0.15, 0.2) is 0 Å². The zero-order valence-electron chi connectivity index (χ0n) is 32.7. The number of aromatic hydroxyl groups is 1. The Kier molecular flexibility index (Phi) is 13.8. The number of carbonyl (C=O) groups excluding carboxylic acids is 4. The number of benzene rings is 2. The largest absolute Gasteiger partial charge is 0.506 e. The molecule has 0 unspecified atom stereocenters. The summed E-state index contributed by atoms with van der Waals surface area (Å²) in [5.41, 5.74) is 13.9. The van der Waals surface area contributed by atoms with Crippen LogP contribution in [0.1, 0.15) is 80.8 Å². The number of amides is 3. The van der Waals surface area contributed by atoms with E-state index >= 15 is 0 Å². The van der Waals surface area contributed by atoms with E-state index in [1.165, 1.54) is 26.3 Å². The number of nitrogens with one attached hydrogen (secondary N) is 2. The van der Waals surface area contributed by atoms with Crippen molar-refractivity contribution in [3.63, 3.8) is 0 Å². The lowest BCUT2D eigenvalue weighted by Crippen LogP contribution is -2.20. The van der Waals surface area contributed by atoms with Crippen molar-refractivity contribution in [1.82, 2.24) is 38.7 Å². The van der Waals surface area contributed by atoms with E-state index in [4.69, 9.17) is 10.5 Å². The number of primary amides is 1. The summed E-state index contributed by atoms with van der Waals surface area (Å²) in [4.78, 5) is 59.7. The second-order valence-corrected chi connectivity index (χ2v) is 11.9. The van der Waals surface area contributed by atoms with Gasteiger partial charge in [-0.25, -0.2) is 9.97 Å². The summed E-state index contributed by atoms with van der Waals surface area (Å²) in [5.74, 6) is -1.22. The van der Waals surface area contributed by atoms with Crippen LogP contribution >= 0.6 is 0 Å². The van der Waals surface area contributed by atoms with Crippen LogP contribution in [0.4, 0.5) is 11.9 Å². The van der Waals surface area contributed by atoms with Crippen molar-refractivity contribution >= 4 is 58.0 Å². The first kappa shape index (κ1) is 41.9. The Labute approximate surface area is 323 Å². The first-order chi connectivity index (χ1) is 27.0. The molecule has 0 radical (unpaired) electrons. The number of fused-ring (bicyclic) bond motifs is 2. The average Bonchev–Trinajstić information content (AvgIpc) is 3.96. The van der Waals surface area contributed by atoms with Gasteiger partial charge in [0.05, 0.1) is 29.5 Å². The van der Waals surface area contributed by atoms with E-state index in [0.29, 0.717) is 64.5 Å². The molecule has 0 saturated carbocycles. The minimum absolute atomic E-state index is 0.0492. The summed E-state index contributed by atoms with van der Waals surface area (Å²) < 4.78 is 12.1. The summed E-state index contributed by atoms with van der Waals surface area (Å²) in [7, 11) is 2.97. The number of hydrogen-bond donors (Lipinski definition) is 5. The number of ether oxygens (including phenoxy) is 1. The van der Waals surface area contributed by atoms with Crippen molar-refractivity contribution in [3.05, 3.63) is 82.5 Å². The van der Waals surface area contributed by atoms with Crippen molar-refractivity contribution in [2.24, 2.45) is 11.5 Å². The Balaban J connectivity index is 0.00000169. The fraction of sp³-hybridized carbons (Fsp3) is 0.316. The Morgan fingerprint density at radius 1 is 0.786 bits per heavy atom. The summed E-state index contributed by atoms with van der Waals surface area (Å²) >= 11 is 0. The molecule has 18 nitrogen and oxygen atoms in total. The number of nitrogens with two attached hydrogens (primary N) is 2. The molecular weight excluding hydrogens is 720 g/mol. The van der Waals surface area contributed by atoms with Gasteiger partial charge >= 0.3 is 0 Å². The van der Waals surface area contributed by atoms with E-state index in [1.807, 2.05) is 27.7 Å². The predicted molar refractivity (Wildman–Crippen MR) is 213 cm³/mol. The van der Waals surface area contributed by atoms with Crippen LogP contribution in [-0.4, -0.2) is 81.9 Å². The molecule has 296 valence electrons. The van der Waals surface area contributed by atoms with Gasteiger partial charge in [-0.2, -0.15) is 10.2 Å². The number of aldehydes is 1. The first-order valence-corrected chi connectivity index (χ1v) is 18.0. The molecule has 4 aromatic heterocycles. The maximum absolute atomic E-state index is 13.5. The molecule has 7 N–H and O–H groups in total. The van der Waals surface area contributed by atoms with Crippen LogP contribution in [0.5, 0.6) is 11.5 Å². The third-order valence-corrected chi connectivity index (χ3v) is 8.35. The summed E-state index contributed by atoms with van der Waals surface area (Å²) in [6.45, 7) is 12.6. The van der Waals surface area contributed by atoms with Gasteiger partial charge in [0.2, 0.25) is 17.8 Å². The number of hydrogen-bond acceptors (Lipinski definition) is 11. The van der Waals surface area contributed by atoms with E-state index in [9.17, 15) is 24.3 Å². The number of anilines is 2. The number of allylic oxidation sites excluding steroid dienone is 2. The zero-order chi connectivity index (χ0) is 41.3. The van der Waals surface area contributed by atoms with Crippen LogP contribution in [0, 0.1) is 13.8 Å². The van der Waals surface area contributed by atoms with Crippen molar-refractivity contribution in [1.29, 1.82) is 0 Å². The van der Waals surface area contributed by atoms with Gasteiger partial charge in [-0.15, -0.1) is 0 Å². The summed E-state index contributed by atoms with van der Waals surface area (Å²) in [6.07, 6.45) is 4.26. The third kappa shape index (κ3) is 8.60. The molecule has 0 atom stereocenters. The number of phenols is 1. The highest BCUT2D eigenvalue weighted by atomic mass is 16.5. The molecule has 0 aliphatic rings. The smallest absolute Gasteiger partial charge is 0.276 e. The molecule has 18 heteroatoms. The molecule has 0 fully saturated rings. The number of phenolic OH excluding ortho intramolecular Hbond substituents is 1. The fourth-order valence-corrected chi connectivity index (χ4v) is 6.04. The number of imidazole rings is 2. The van der Waals surface area contributed by atoms with Crippen molar-refractivity contribution in [3.8, 4) is 11.5 Å². The van der Waals surface area contributed by atoms with E-state index in [2.05, 4.69) is 36.5 Å². The van der Waals surface area contributed by atoms with E-state index < -0.39 is 17.7 Å². The number of carbonyl (C=O) groups is 4. The molecule has 6 aromatic rings. The molecule has 56 heavy (non-hydrogen) atoms. The maximum atomic E-state index is 13.5. The van der Waals surface area contributed by atoms with Crippen molar-refractivity contribution in [2.45, 2.75) is 67.7 Å². The van der Waals surface area contributed by atoms with Crippen LogP contribution in [0.3, 0.4) is 0 Å². The molecule has 0 bridgehead atoms. The predicted octanol–water partition coefficient (Wildman–Crippen LogP) is 4.42. The average molecular weight is 769 g/mol. The van der Waals surface area contributed by atoms with Gasteiger partial charge in [0.1, 0.15) is 40.2 Å². The van der Waals surface area contributed by atoms with E-state index in [-0.39, 0.29) is 47.3 Å². The quantitative estimate of drug-likeness (QED) is 0.0813. The number of rotatable bonds is 13. The molecule has 0 spiro atoms.